The number of phenols is 1. The Morgan fingerprint density at radius 2 is 2.09 bits per heavy atom. The molecule has 0 saturated heterocycles. The minimum Gasteiger partial charge on any atom is -0.508 e. The zero-order valence-corrected chi connectivity index (χ0v) is 13.0. The first-order chi connectivity index (χ1) is 10.5. The number of phenolic OH excluding ortho intramolecular Hbond substituents is 1. The van der Waals surface area contributed by atoms with Crippen molar-refractivity contribution in [3.63, 3.8) is 0 Å². The number of aryl methyl sites for hydroxylation is 1. The maximum absolute atomic E-state index is 10.2. The highest BCUT2D eigenvalue weighted by Crippen LogP contribution is 2.63. The lowest BCUT2D eigenvalue weighted by atomic mass is 9.49. The molecule has 3 nitrogen and oxygen atoms in total. The number of fused-ring (bicyclic) bond motifs is 5. The maximum Gasteiger partial charge on any atom is 0.115 e. The van der Waals surface area contributed by atoms with Crippen molar-refractivity contribution >= 4 is 0 Å². The van der Waals surface area contributed by atoms with Gasteiger partial charge in [-0.2, -0.15) is 5.26 Å². The second-order valence-corrected chi connectivity index (χ2v) is 7.92. The van der Waals surface area contributed by atoms with E-state index in [1.165, 1.54) is 0 Å². The predicted octanol–water partition coefficient (Wildman–Crippen LogP) is 3.29. The van der Waals surface area contributed by atoms with Crippen LogP contribution in [-0.2, 0) is 11.8 Å². The summed E-state index contributed by atoms with van der Waals surface area (Å²) in [6, 6.07) is 8.20. The second kappa shape index (κ2) is 4.49. The van der Waals surface area contributed by atoms with Crippen molar-refractivity contribution in [1.29, 1.82) is 5.26 Å². The van der Waals surface area contributed by atoms with Crippen LogP contribution in [0.25, 0.3) is 0 Å². The number of benzene rings is 1. The molecule has 3 heteroatoms. The number of hydrogen-bond donors (Lipinski definition) is 2. The Morgan fingerprint density at radius 1 is 1.27 bits per heavy atom. The van der Waals surface area contributed by atoms with Crippen LogP contribution in [0.1, 0.15) is 50.2 Å². The van der Waals surface area contributed by atoms with E-state index in [2.05, 4.69) is 13.0 Å². The van der Waals surface area contributed by atoms with Crippen LogP contribution in [0.4, 0.5) is 0 Å². The largest absolute Gasteiger partial charge is 0.508 e. The van der Waals surface area contributed by atoms with Crippen LogP contribution >= 0.6 is 0 Å². The van der Waals surface area contributed by atoms with Gasteiger partial charge in [-0.1, -0.05) is 13.0 Å². The van der Waals surface area contributed by atoms with Crippen molar-refractivity contribution in [1.82, 2.24) is 0 Å². The van der Waals surface area contributed by atoms with Crippen LogP contribution in [0, 0.1) is 28.6 Å². The normalized spacial score (nSPS) is 42.9. The molecule has 1 unspecified atom stereocenters. The van der Waals surface area contributed by atoms with Gasteiger partial charge in [0, 0.05) is 0 Å². The van der Waals surface area contributed by atoms with Gasteiger partial charge in [0.15, 0.2) is 0 Å². The Balaban J connectivity index is 1.83. The number of nitriles is 1. The molecule has 3 aliphatic rings. The summed E-state index contributed by atoms with van der Waals surface area (Å²) in [5.41, 5.74) is 2.04. The van der Waals surface area contributed by atoms with E-state index < -0.39 is 5.41 Å². The number of aliphatic hydroxyl groups is 1. The number of rotatable bonds is 0. The summed E-state index contributed by atoms with van der Waals surface area (Å²) in [6.45, 7) is 2.31. The Morgan fingerprint density at radius 3 is 2.86 bits per heavy atom. The molecule has 2 fully saturated rings. The van der Waals surface area contributed by atoms with E-state index in [4.69, 9.17) is 0 Å². The zero-order valence-electron chi connectivity index (χ0n) is 13.0. The molecule has 0 spiro atoms. The molecule has 116 valence electrons. The molecular weight excluding hydrogens is 274 g/mol. The lowest BCUT2D eigenvalue weighted by Crippen LogP contribution is -2.50. The fourth-order valence-electron chi connectivity index (χ4n) is 5.81. The van der Waals surface area contributed by atoms with Crippen LogP contribution in [0.15, 0.2) is 18.2 Å². The molecule has 1 aromatic rings. The highest BCUT2D eigenvalue weighted by Gasteiger charge is 2.59. The van der Waals surface area contributed by atoms with Gasteiger partial charge in [0.1, 0.15) is 5.75 Å². The summed E-state index contributed by atoms with van der Waals surface area (Å²) < 4.78 is 0. The van der Waals surface area contributed by atoms with Gasteiger partial charge < -0.3 is 10.2 Å². The van der Waals surface area contributed by atoms with Crippen molar-refractivity contribution in [2.75, 3.05) is 0 Å². The van der Waals surface area contributed by atoms with Crippen LogP contribution in [0.5, 0.6) is 5.75 Å². The van der Waals surface area contributed by atoms with Crippen LogP contribution in [-0.4, -0.2) is 16.3 Å². The minimum absolute atomic E-state index is 0.193. The first kappa shape index (κ1) is 14.1. The summed E-state index contributed by atoms with van der Waals surface area (Å²) in [7, 11) is 0. The molecule has 2 N–H and O–H groups in total. The highest BCUT2D eigenvalue weighted by atomic mass is 16.3. The maximum atomic E-state index is 10.2. The summed E-state index contributed by atoms with van der Waals surface area (Å²) in [6.07, 6.45) is 5.35. The molecule has 3 aliphatic carbocycles. The lowest BCUT2D eigenvalue weighted by molar-refractivity contribution is 0.0309. The molecule has 0 amide bonds. The van der Waals surface area contributed by atoms with Crippen molar-refractivity contribution in [2.45, 2.75) is 57.0 Å². The number of aromatic hydroxyl groups is 1. The van der Waals surface area contributed by atoms with Crippen LogP contribution < -0.4 is 0 Å². The molecule has 4 rings (SSSR count). The summed E-state index contributed by atoms with van der Waals surface area (Å²) >= 11 is 0. The second-order valence-electron chi connectivity index (χ2n) is 7.92. The van der Waals surface area contributed by atoms with Crippen LogP contribution in [0.2, 0.25) is 0 Å². The third kappa shape index (κ3) is 1.71. The standard InChI is InChI=1S/C19H23NO2/c1-18-6-7-19(11-20)15-5-3-13(21)8-12(15)2-4-16(19)17(18)9-14(22)10-18/h3,5,8,14,16-17,21-22H,2,4,6-7,9-10H2,1H3/t14-,16+,17+,18-,19?/m1/s1. The topological polar surface area (TPSA) is 64.2 Å². The third-order valence-corrected chi connectivity index (χ3v) is 6.83. The number of aliphatic hydroxyl groups excluding tert-OH is 1. The van der Waals surface area contributed by atoms with Gasteiger partial charge >= 0.3 is 0 Å². The van der Waals surface area contributed by atoms with Gasteiger partial charge in [0.05, 0.1) is 17.6 Å². The lowest BCUT2D eigenvalue weighted by Gasteiger charge is -2.53. The van der Waals surface area contributed by atoms with Gasteiger partial charge in [-0.3, -0.25) is 0 Å². The quantitative estimate of drug-likeness (QED) is 0.772. The molecule has 5 atom stereocenters. The van der Waals surface area contributed by atoms with Gasteiger partial charge in [0.2, 0.25) is 0 Å². The number of hydrogen-bond acceptors (Lipinski definition) is 3. The van der Waals surface area contributed by atoms with E-state index in [0.717, 1.165) is 49.7 Å². The first-order valence-corrected chi connectivity index (χ1v) is 8.40. The predicted molar refractivity (Wildman–Crippen MR) is 83.3 cm³/mol. The number of nitrogens with zero attached hydrogens (tertiary/aromatic N) is 1. The molecule has 0 aromatic heterocycles. The Labute approximate surface area is 131 Å². The summed E-state index contributed by atoms with van der Waals surface area (Å²) in [5.74, 6) is 1.07. The highest BCUT2D eigenvalue weighted by molar-refractivity contribution is 5.47. The molecule has 1 aromatic carbocycles. The molecule has 2 saturated carbocycles. The fourth-order valence-corrected chi connectivity index (χ4v) is 5.81. The Bertz CT molecular complexity index is 664. The van der Waals surface area contributed by atoms with E-state index in [9.17, 15) is 15.5 Å². The van der Waals surface area contributed by atoms with Crippen molar-refractivity contribution in [3.8, 4) is 11.8 Å². The van der Waals surface area contributed by atoms with E-state index in [1.807, 2.05) is 12.1 Å². The Kier molecular flexibility index (Phi) is 2.87. The molecule has 0 bridgehead atoms. The van der Waals surface area contributed by atoms with E-state index in [0.29, 0.717) is 17.6 Å². The van der Waals surface area contributed by atoms with E-state index in [1.54, 1.807) is 6.07 Å². The van der Waals surface area contributed by atoms with Crippen molar-refractivity contribution in [3.05, 3.63) is 29.3 Å². The van der Waals surface area contributed by atoms with Gasteiger partial charge in [-0.15, -0.1) is 0 Å². The fraction of sp³-hybridized carbons (Fsp3) is 0.632. The SMILES string of the molecule is C[C@]12CCC3(C#N)c4ccc(O)cc4CC[C@H]3[C@@H]1C[C@@H](O)C2. The van der Waals surface area contributed by atoms with Crippen molar-refractivity contribution < 1.29 is 10.2 Å². The van der Waals surface area contributed by atoms with Gasteiger partial charge in [0.25, 0.3) is 0 Å². The van der Waals surface area contributed by atoms with E-state index in [-0.39, 0.29) is 11.5 Å². The molecule has 0 heterocycles. The monoisotopic (exact) mass is 297 g/mol. The molecule has 0 aliphatic heterocycles. The average molecular weight is 297 g/mol. The zero-order chi connectivity index (χ0) is 15.5. The molecular formula is C19H23NO2. The molecule has 0 radical (unpaired) electrons. The summed E-state index contributed by atoms with van der Waals surface area (Å²) in [4.78, 5) is 0. The van der Waals surface area contributed by atoms with Crippen molar-refractivity contribution in [2.24, 2.45) is 17.3 Å². The smallest absolute Gasteiger partial charge is 0.115 e. The molecule has 22 heavy (non-hydrogen) atoms. The average Bonchev–Trinajstić information content (AvgIpc) is 2.80. The summed E-state index contributed by atoms with van der Waals surface area (Å²) in [5, 5.41) is 30.0. The minimum atomic E-state index is -0.421. The van der Waals surface area contributed by atoms with Crippen LogP contribution in [0.3, 0.4) is 0 Å². The Hall–Kier alpha value is -1.53. The van der Waals surface area contributed by atoms with Gasteiger partial charge in [-0.25, -0.2) is 0 Å². The van der Waals surface area contributed by atoms with E-state index >= 15 is 0 Å². The third-order valence-electron chi connectivity index (χ3n) is 6.83. The first-order valence-electron chi connectivity index (χ1n) is 8.40. The van der Waals surface area contributed by atoms with Gasteiger partial charge in [-0.05, 0) is 79.0 Å².